The summed E-state index contributed by atoms with van der Waals surface area (Å²) in [5.74, 6) is 0.636. The largest absolute Gasteiger partial charge is 0.493 e. The zero-order chi connectivity index (χ0) is 27.7. The Hall–Kier alpha value is -3.29. The molecular formula is C26H24ClIN2O7S. The number of benzene rings is 3. The third-order valence-corrected chi connectivity index (χ3v) is 7.08. The molecule has 0 aliphatic carbocycles. The van der Waals surface area contributed by atoms with E-state index in [4.69, 9.17) is 30.0 Å². The van der Waals surface area contributed by atoms with Crippen molar-refractivity contribution in [2.75, 3.05) is 20.3 Å². The molecule has 1 amide bonds. The lowest BCUT2D eigenvalue weighted by molar-refractivity contribution is 0.0954. The summed E-state index contributed by atoms with van der Waals surface area (Å²) in [5, 5.41) is 4.41. The molecule has 0 unspecified atom stereocenters. The zero-order valence-corrected chi connectivity index (χ0v) is 24.2. The van der Waals surface area contributed by atoms with Crippen molar-refractivity contribution < 1.29 is 31.6 Å². The lowest BCUT2D eigenvalue weighted by atomic mass is 10.2. The van der Waals surface area contributed by atoms with Crippen LogP contribution >= 0.6 is 34.2 Å². The van der Waals surface area contributed by atoms with E-state index in [1.807, 2.05) is 22.6 Å². The van der Waals surface area contributed by atoms with E-state index >= 15 is 0 Å². The van der Waals surface area contributed by atoms with Gasteiger partial charge in [0.15, 0.2) is 23.0 Å². The predicted molar refractivity (Wildman–Crippen MR) is 153 cm³/mol. The highest BCUT2D eigenvalue weighted by atomic mass is 127. The van der Waals surface area contributed by atoms with Gasteiger partial charge in [-0.1, -0.05) is 24.3 Å². The number of carbonyl (C=O) groups excluding carboxylic acids is 1. The standard InChI is InChI=1S/C26H24ClIN2O7S/c1-4-12-36-22-11-6-18(15-23(22)34-3)26(31)30-29-16-17-13-21(28)25(24(14-17)35-5-2)37-38(32,33)20-9-7-19(27)8-10-20/h4,6-11,13-16H,1,5,12H2,2-3H3,(H,30,31)/b29-16+. The van der Waals surface area contributed by atoms with Gasteiger partial charge in [0, 0.05) is 10.6 Å². The molecule has 0 bridgehead atoms. The van der Waals surface area contributed by atoms with Crippen LogP contribution in [0.3, 0.4) is 0 Å². The van der Waals surface area contributed by atoms with Crippen LogP contribution in [0.1, 0.15) is 22.8 Å². The van der Waals surface area contributed by atoms with E-state index in [0.29, 0.717) is 37.8 Å². The molecule has 0 aliphatic heterocycles. The van der Waals surface area contributed by atoms with Gasteiger partial charge in [0.05, 0.1) is 23.5 Å². The number of ether oxygens (including phenoxy) is 3. The van der Waals surface area contributed by atoms with E-state index in [2.05, 4.69) is 17.1 Å². The average Bonchev–Trinajstić information content (AvgIpc) is 2.89. The van der Waals surface area contributed by atoms with Crippen molar-refractivity contribution in [3.63, 3.8) is 0 Å². The lowest BCUT2D eigenvalue weighted by Gasteiger charge is -2.14. The molecule has 38 heavy (non-hydrogen) atoms. The van der Waals surface area contributed by atoms with Gasteiger partial charge in [0.2, 0.25) is 0 Å². The van der Waals surface area contributed by atoms with Crippen LogP contribution in [0.4, 0.5) is 0 Å². The first kappa shape index (κ1) is 29.3. The van der Waals surface area contributed by atoms with Crippen molar-refractivity contribution in [2.45, 2.75) is 11.8 Å². The number of hydrogen-bond donors (Lipinski definition) is 1. The van der Waals surface area contributed by atoms with Crippen LogP contribution in [0.25, 0.3) is 0 Å². The van der Waals surface area contributed by atoms with Crippen molar-refractivity contribution in [1.29, 1.82) is 0 Å². The zero-order valence-electron chi connectivity index (χ0n) is 20.4. The summed E-state index contributed by atoms with van der Waals surface area (Å²) in [6.45, 7) is 5.92. The summed E-state index contributed by atoms with van der Waals surface area (Å²) in [4.78, 5) is 12.5. The predicted octanol–water partition coefficient (Wildman–Crippen LogP) is 5.45. The number of rotatable bonds is 12. The van der Waals surface area contributed by atoms with Gasteiger partial charge in [-0.15, -0.1) is 0 Å². The van der Waals surface area contributed by atoms with Crippen LogP contribution in [0.2, 0.25) is 5.02 Å². The van der Waals surface area contributed by atoms with E-state index in [-0.39, 0.29) is 23.0 Å². The van der Waals surface area contributed by atoms with Crippen molar-refractivity contribution in [3.05, 3.63) is 87.0 Å². The number of carbonyl (C=O) groups is 1. The van der Waals surface area contributed by atoms with E-state index in [9.17, 15) is 13.2 Å². The molecule has 0 fully saturated rings. The molecule has 9 nitrogen and oxygen atoms in total. The number of nitrogens with zero attached hydrogens (tertiary/aromatic N) is 1. The summed E-state index contributed by atoms with van der Waals surface area (Å²) in [7, 11) is -2.66. The molecule has 12 heteroatoms. The Morgan fingerprint density at radius 3 is 2.47 bits per heavy atom. The molecule has 3 rings (SSSR count). The molecule has 0 aromatic heterocycles. The highest BCUT2D eigenvalue weighted by Gasteiger charge is 2.22. The average molecular weight is 671 g/mol. The fraction of sp³-hybridized carbons (Fsp3) is 0.154. The highest BCUT2D eigenvalue weighted by Crippen LogP contribution is 2.36. The van der Waals surface area contributed by atoms with Crippen LogP contribution in [0.15, 0.2) is 77.2 Å². The molecule has 0 aliphatic rings. The second-order valence-electron chi connectivity index (χ2n) is 7.42. The molecule has 0 spiro atoms. The summed E-state index contributed by atoms with van der Waals surface area (Å²) < 4.78 is 47.8. The highest BCUT2D eigenvalue weighted by molar-refractivity contribution is 14.1. The molecule has 0 saturated carbocycles. The Kier molecular flexibility index (Phi) is 10.4. The Morgan fingerprint density at radius 2 is 1.82 bits per heavy atom. The van der Waals surface area contributed by atoms with Crippen LogP contribution in [-0.4, -0.2) is 40.9 Å². The Morgan fingerprint density at radius 1 is 1.08 bits per heavy atom. The van der Waals surface area contributed by atoms with Crippen molar-refractivity contribution in [3.8, 4) is 23.0 Å². The quantitative estimate of drug-likeness (QED) is 0.0897. The maximum Gasteiger partial charge on any atom is 0.339 e. The summed E-state index contributed by atoms with van der Waals surface area (Å²) >= 11 is 7.79. The topological polar surface area (TPSA) is 113 Å². The van der Waals surface area contributed by atoms with Crippen molar-refractivity contribution in [1.82, 2.24) is 5.43 Å². The Bertz CT molecular complexity index is 1440. The van der Waals surface area contributed by atoms with Crippen LogP contribution < -0.4 is 23.8 Å². The first-order valence-electron chi connectivity index (χ1n) is 11.1. The molecule has 3 aromatic rings. The minimum absolute atomic E-state index is 0.0365. The summed E-state index contributed by atoms with van der Waals surface area (Å²) in [5.41, 5.74) is 3.30. The fourth-order valence-corrected chi connectivity index (χ4v) is 5.04. The van der Waals surface area contributed by atoms with E-state index in [1.165, 1.54) is 43.7 Å². The maximum absolute atomic E-state index is 12.8. The lowest BCUT2D eigenvalue weighted by Crippen LogP contribution is -2.17. The number of hydrogen-bond acceptors (Lipinski definition) is 8. The molecule has 3 aromatic carbocycles. The molecular weight excluding hydrogens is 647 g/mol. The number of nitrogens with one attached hydrogen (secondary N) is 1. The SMILES string of the molecule is C=CCOc1ccc(C(=O)N/N=C/c2cc(I)c(OS(=O)(=O)c3ccc(Cl)cc3)c(OCC)c2)cc1OC. The first-order valence-corrected chi connectivity index (χ1v) is 14.0. The molecule has 0 radical (unpaired) electrons. The maximum atomic E-state index is 12.8. The Balaban J connectivity index is 1.78. The van der Waals surface area contributed by atoms with Gasteiger partial charge in [0.1, 0.15) is 11.5 Å². The van der Waals surface area contributed by atoms with Gasteiger partial charge in [0.25, 0.3) is 5.91 Å². The monoisotopic (exact) mass is 670 g/mol. The van der Waals surface area contributed by atoms with Gasteiger partial charge in [-0.2, -0.15) is 13.5 Å². The molecule has 0 saturated heterocycles. The number of hydrazone groups is 1. The van der Waals surface area contributed by atoms with Gasteiger partial charge in [-0.05, 0) is 89.7 Å². The number of amides is 1. The molecule has 1 N–H and O–H groups in total. The van der Waals surface area contributed by atoms with Gasteiger partial charge in [-0.3, -0.25) is 4.79 Å². The Labute approximate surface area is 239 Å². The van der Waals surface area contributed by atoms with Gasteiger partial charge in [-0.25, -0.2) is 5.43 Å². The summed E-state index contributed by atoms with van der Waals surface area (Å²) in [6, 6.07) is 13.6. The minimum Gasteiger partial charge on any atom is -0.493 e. The molecule has 200 valence electrons. The first-order chi connectivity index (χ1) is 18.2. The second kappa shape index (κ2) is 13.5. The smallest absolute Gasteiger partial charge is 0.339 e. The van der Waals surface area contributed by atoms with Crippen LogP contribution in [0.5, 0.6) is 23.0 Å². The summed E-state index contributed by atoms with van der Waals surface area (Å²) in [6.07, 6.45) is 3.00. The molecule has 0 atom stereocenters. The van der Waals surface area contributed by atoms with E-state index in [1.54, 1.807) is 37.3 Å². The minimum atomic E-state index is -4.14. The number of halogens is 2. The van der Waals surface area contributed by atoms with Gasteiger partial charge < -0.3 is 18.4 Å². The van der Waals surface area contributed by atoms with Crippen LogP contribution in [0, 0.1) is 3.57 Å². The third-order valence-electron chi connectivity index (χ3n) is 4.79. The normalized spacial score (nSPS) is 11.2. The molecule has 0 heterocycles. The van der Waals surface area contributed by atoms with Crippen molar-refractivity contribution in [2.24, 2.45) is 5.10 Å². The number of methoxy groups -OCH3 is 1. The van der Waals surface area contributed by atoms with Gasteiger partial charge >= 0.3 is 10.1 Å². The fourth-order valence-electron chi connectivity index (χ4n) is 3.07. The second-order valence-corrected chi connectivity index (χ2v) is 10.6. The van der Waals surface area contributed by atoms with E-state index in [0.717, 1.165) is 0 Å². The third kappa shape index (κ3) is 7.62. The van der Waals surface area contributed by atoms with Crippen LogP contribution in [-0.2, 0) is 10.1 Å². The van der Waals surface area contributed by atoms with Crippen molar-refractivity contribution >= 4 is 56.4 Å². The van der Waals surface area contributed by atoms with E-state index < -0.39 is 16.0 Å².